The SMILES string of the molecule is CC1(C)c2cc3ccccc3cc2-c2c(-c3cc(-n4c5ccccc5c5cc(-c6ccccc6)ccc54)nc(-c4ccccc4)n3)cccc21. The zero-order chi connectivity index (χ0) is 33.4. The molecule has 0 aliphatic heterocycles. The van der Waals surface area contributed by atoms with E-state index >= 15 is 0 Å². The van der Waals surface area contributed by atoms with Crippen molar-refractivity contribution in [3.63, 3.8) is 0 Å². The molecule has 3 heteroatoms. The summed E-state index contributed by atoms with van der Waals surface area (Å²) in [4.78, 5) is 10.6. The van der Waals surface area contributed by atoms with Gasteiger partial charge in [0.2, 0.25) is 0 Å². The Labute approximate surface area is 291 Å². The molecule has 2 heterocycles. The molecule has 50 heavy (non-hydrogen) atoms. The van der Waals surface area contributed by atoms with Crippen molar-refractivity contribution in [2.45, 2.75) is 19.3 Å². The molecular weight excluding hydrogens is 607 g/mol. The molecule has 10 rings (SSSR count). The summed E-state index contributed by atoms with van der Waals surface area (Å²) < 4.78 is 2.31. The van der Waals surface area contributed by atoms with Crippen LogP contribution < -0.4 is 0 Å². The van der Waals surface area contributed by atoms with E-state index in [1.807, 2.05) is 6.07 Å². The number of hydrogen-bond donors (Lipinski definition) is 0. The van der Waals surface area contributed by atoms with Gasteiger partial charge in [0.1, 0.15) is 5.82 Å². The van der Waals surface area contributed by atoms with Crippen LogP contribution in [-0.4, -0.2) is 14.5 Å². The lowest BCUT2D eigenvalue weighted by Gasteiger charge is -2.22. The maximum atomic E-state index is 5.33. The molecule has 2 aromatic heterocycles. The average molecular weight is 640 g/mol. The highest BCUT2D eigenvalue weighted by molar-refractivity contribution is 6.10. The summed E-state index contributed by atoms with van der Waals surface area (Å²) in [6.45, 7) is 4.69. The molecule has 9 aromatic rings. The van der Waals surface area contributed by atoms with Gasteiger partial charge < -0.3 is 0 Å². The van der Waals surface area contributed by atoms with Crippen LogP contribution >= 0.6 is 0 Å². The van der Waals surface area contributed by atoms with E-state index in [9.17, 15) is 0 Å². The molecule has 0 saturated carbocycles. The van der Waals surface area contributed by atoms with Gasteiger partial charge in [-0.05, 0) is 74.5 Å². The Bertz CT molecular complexity index is 2770. The zero-order valence-corrected chi connectivity index (χ0v) is 27.9. The third-order valence-electron chi connectivity index (χ3n) is 10.6. The zero-order valence-electron chi connectivity index (χ0n) is 27.9. The van der Waals surface area contributed by atoms with Crippen molar-refractivity contribution >= 4 is 32.6 Å². The second-order valence-corrected chi connectivity index (χ2v) is 13.8. The maximum absolute atomic E-state index is 5.33. The molecule has 0 N–H and O–H groups in total. The van der Waals surface area contributed by atoms with Crippen molar-refractivity contribution in [1.82, 2.24) is 14.5 Å². The van der Waals surface area contributed by atoms with Gasteiger partial charge in [-0.3, -0.25) is 4.57 Å². The first-order valence-electron chi connectivity index (χ1n) is 17.3. The van der Waals surface area contributed by atoms with Crippen LogP contribution in [0.5, 0.6) is 0 Å². The number of benzene rings is 7. The Morgan fingerprint density at radius 1 is 0.460 bits per heavy atom. The van der Waals surface area contributed by atoms with Gasteiger partial charge in [-0.25, -0.2) is 9.97 Å². The number of para-hydroxylation sites is 1. The summed E-state index contributed by atoms with van der Waals surface area (Å²) in [6.07, 6.45) is 0. The van der Waals surface area contributed by atoms with E-state index in [1.54, 1.807) is 0 Å². The van der Waals surface area contributed by atoms with Crippen molar-refractivity contribution in [3.8, 4) is 50.7 Å². The summed E-state index contributed by atoms with van der Waals surface area (Å²) in [5, 5.41) is 4.92. The maximum Gasteiger partial charge on any atom is 0.162 e. The Morgan fingerprint density at radius 3 is 1.94 bits per heavy atom. The third kappa shape index (κ3) is 4.30. The van der Waals surface area contributed by atoms with Crippen molar-refractivity contribution in [3.05, 3.63) is 175 Å². The second-order valence-electron chi connectivity index (χ2n) is 13.8. The Morgan fingerprint density at radius 2 is 1.14 bits per heavy atom. The predicted molar refractivity (Wildman–Crippen MR) is 208 cm³/mol. The standard InChI is InChI=1S/C47H33N3/c1-47(2)39-22-13-21-36(45(39)38-27-32-18-9-10-19-33(32)28-40(38)47)41-29-44(49-46(48-41)31-16-7-4-8-17-31)50-42-23-12-11-20-35(42)37-26-34(24-25-43(37)50)30-14-5-3-6-15-30/h3-29H,1-2H3. The molecule has 1 aliphatic rings. The van der Waals surface area contributed by atoms with Crippen molar-refractivity contribution < 1.29 is 0 Å². The minimum absolute atomic E-state index is 0.147. The molecule has 236 valence electrons. The van der Waals surface area contributed by atoms with Crippen LogP contribution in [0.1, 0.15) is 25.0 Å². The number of aromatic nitrogens is 3. The number of fused-ring (bicyclic) bond motifs is 7. The van der Waals surface area contributed by atoms with Gasteiger partial charge in [0.25, 0.3) is 0 Å². The lowest BCUT2D eigenvalue weighted by atomic mass is 9.81. The van der Waals surface area contributed by atoms with Gasteiger partial charge in [-0.15, -0.1) is 0 Å². The molecule has 0 spiro atoms. The summed E-state index contributed by atoms with van der Waals surface area (Å²) in [7, 11) is 0. The lowest BCUT2D eigenvalue weighted by Crippen LogP contribution is -2.14. The third-order valence-corrected chi connectivity index (χ3v) is 10.6. The van der Waals surface area contributed by atoms with Crippen LogP contribution in [0.4, 0.5) is 0 Å². The highest BCUT2D eigenvalue weighted by Crippen LogP contribution is 2.53. The van der Waals surface area contributed by atoms with E-state index in [-0.39, 0.29) is 5.41 Å². The molecule has 0 saturated heterocycles. The lowest BCUT2D eigenvalue weighted by molar-refractivity contribution is 0.661. The van der Waals surface area contributed by atoms with E-state index in [4.69, 9.17) is 9.97 Å². The fourth-order valence-electron chi connectivity index (χ4n) is 8.12. The summed E-state index contributed by atoms with van der Waals surface area (Å²) in [5.74, 6) is 1.56. The van der Waals surface area contributed by atoms with Crippen LogP contribution in [0.3, 0.4) is 0 Å². The first-order chi connectivity index (χ1) is 24.5. The molecule has 0 amide bonds. The van der Waals surface area contributed by atoms with Crippen LogP contribution in [-0.2, 0) is 5.41 Å². The number of rotatable bonds is 4. The van der Waals surface area contributed by atoms with Gasteiger partial charge in [-0.1, -0.05) is 141 Å². The van der Waals surface area contributed by atoms with E-state index in [2.05, 4.69) is 176 Å². The summed E-state index contributed by atoms with van der Waals surface area (Å²) in [5.41, 5.74) is 12.7. The van der Waals surface area contributed by atoms with Crippen LogP contribution in [0, 0.1) is 0 Å². The molecule has 0 radical (unpaired) electrons. The fraction of sp³-hybridized carbons (Fsp3) is 0.0638. The predicted octanol–water partition coefficient (Wildman–Crippen LogP) is 12.0. The fourth-order valence-corrected chi connectivity index (χ4v) is 8.12. The van der Waals surface area contributed by atoms with Gasteiger partial charge in [0.15, 0.2) is 5.82 Å². The molecule has 0 fully saturated rings. The Balaban J connectivity index is 1.25. The topological polar surface area (TPSA) is 30.7 Å². The first-order valence-corrected chi connectivity index (χ1v) is 17.3. The van der Waals surface area contributed by atoms with E-state index in [0.717, 1.165) is 33.7 Å². The van der Waals surface area contributed by atoms with Crippen molar-refractivity contribution in [1.29, 1.82) is 0 Å². The Kier molecular flexibility index (Phi) is 6.22. The normalized spacial score (nSPS) is 13.2. The molecule has 3 nitrogen and oxygen atoms in total. The van der Waals surface area contributed by atoms with Gasteiger partial charge in [-0.2, -0.15) is 0 Å². The highest BCUT2D eigenvalue weighted by atomic mass is 15.1. The molecular formula is C47H33N3. The minimum Gasteiger partial charge on any atom is -0.294 e. The molecule has 0 bridgehead atoms. The summed E-state index contributed by atoms with van der Waals surface area (Å²) >= 11 is 0. The highest BCUT2D eigenvalue weighted by Gasteiger charge is 2.37. The molecule has 7 aromatic carbocycles. The van der Waals surface area contributed by atoms with Crippen molar-refractivity contribution in [2.24, 2.45) is 0 Å². The largest absolute Gasteiger partial charge is 0.294 e. The quantitative estimate of drug-likeness (QED) is 0.192. The molecule has 1 aliphatic carbocycles. The molecule has 0 unspecified atom stereocenters. The number of hydrogen-bond acceptors (Lipinski definition) is 2. The monoisotopic (exact) mass is 639 g/mol. The van der Waals surface area contributed by atoms with Crippen LogP contribution in [0.15, 0.2) is 164 Å². The van der Waals surface area contributed by atoms with Gasteiger partial charge >= 0.3 is 0 Å². The molecule has 0 atom stereocenters. The van der Waals surface area contributed by atoms with Crippen LogP contribution in [0.25, 0.3) is 83.3 Å². The Hall–Kier alpha value is -6.32. The smallest absolute Gasteiger partial charge is 0.162 e. The van der Waals surface area contributed by atoms with Gasteiger partial charge in [0.05, 0.1) is 16.7 Å². The van der Waals surface area contributed by atoms with Crippen molar-refractivity contribution in [2.75, 3.05) is 0 Å². The summed E-state index contributed by atoms with van der Waals surface area (Å²) in [6, 6.07) is 58.7. The minimum atomic E-state index is -0.147. The van der Waals surface area contributed by atoms with Crippen LogP contribution in [0.2, 0.25) is 0 Å². The van der Waals surface area contributed by atoms with E-state index < -0.39 is 0 Å². The van der Waals surface area contributed by atoms with Gasteiger partial charge in [0, 0.05) is 33.4 Å². The van der Waals surface area contributed by atoms with E-state index in [0.29, 0.717) is 5.82 Å². The first kappa shape index (κ1) is 28.7. The average Bonchev–Trinajstić information content (AvgIpc) is 3.62. The van der Waals surface area contributed by atoms with E-state index in [1.165, 1.54) is 54.9 Å². The number of nitrogens with zero attached hydrogens (tertiary/aromatic N) is 3. The second kappa shape index (κ2) is 10.8.